The van der Waals surface area contributed by atoms with Gasteiger partial charge in [0.15, 0.2) is 0 Å². The van der Waals surface area contributed by atoms with Gasteiger partial charge in [0.25, 0.3) is 0 Å². The summed E-state index contributed by atoms with van der Waals surface area (Å²) in [6.45, 7) is 1.99. The van der Waals surface area contributed by atoms with Gasteiger partial charge in [0, 0.05) is 24.0 Å². The maximum Gasteiger partial charge on any atom is 0.337 e. The summed E-state index contributed by atoms with van der Waals surface area (Å²) in [5.74, 6) is -0.378. The van der Waals surface area contributed by atoms with E-state index in [1.54, 1.807) is 30.6 Å². The van der Waals surface area contributed by atoms with E-state index in [9.17, 15) is 4.79 Å². The van der Waals surface area contributed by atoms with E-state index in [4.69, 9.17) is 10.5 Å². The SMILES string of the molecule is CCC(N)c1nccnc1-c1cccc(C(=O)OC)c1. The molecule has 2 N–H and O–H groups in total. The second kappa shape index (κ2) is 6.25. The molecular formula is C15H17N3O2. The topological polar surface area (TPSA) is 78.1 Å². The van der Waals surface area contributed by atoms with Crippen molar-refractivity contribution in [2.24, 2.45) is 5.73 Å². The number of ether oxygens (including phenoxy) is 1. The minimum absolute atomic E-state index is 0.180. The fourth-order valence-corrected chi connectivity index (χ4v) is 1.95. The number of nitrogens with zero attached hydrogens (tertiary/aromatic N) is 2. The maximum absolute atomic E-state index is 11.6. The van der Waals surface area contributed by atoms with Crippen molar-refractivity contribution in [3.05, 3.63) is 47.9 Å². The minimum atomic E-state index is -0.378. The lowest BCUT2D eigenvalue weighted by Crippen LogP contribution is -2.13. The van der Waals surface area contributed by atoms with Gasteiger partial charge < -0.3 is 10.5 Å². The first-order valence-electron chi connectivity index (χ1n) is 6.42. The summed E-state index contributed by atoms with van der Waals surface area (Å²) in [4.78, 5) is 20.3. The van der Waals surface area contributed by atoms with Crippen molar-refractivity contribution in [1.29, 1.82) is 0 Å². The Hall–Kier alpha value is -2.27. The summed E-state index contributed by atoms with van der Waals surface area (Å²) in [5, 5.41) is 0. The number of hydrogen-bond donors (Lipinski definition) is 1. The molecule has 0 amide bonds. The summed E-state index contributed by atoms with van der Waals surface area (Å²) in [7, 11) is 1.36. The standard InChI is InChI=1S/C15H17N3O2/c1-3-12(16)14-13(17-7-8-18-14)10-5-4-6-11(9-10)15(19)20-2/h4-9,12H,3,16H2,1-2H3. The Balaban J connectivity index is 2.49. The average molecular weight is 271 g/mol. The molecule has 5 nitrogen and oxygen atoms in total. The van der Waals surface area contributed by atoms with Crippen LogP contribution < -0.4 is 5.73 Å². The van der Waals surface area contributed by atoms with Crippen molar-refractivity contribution in [1.82, 2.24) is 9.97 Å². The van der Waals surface area contributed by atoms with Crippen LogP contribution >= 0.6 is 0 Å². The van der Waals surface area contributed by atoms with Crippen molar-refractivity contribution in [2.75, 3.05) is 7.11 Å². The molecule has 0 saturated carbocycles. The lowest BCUT2D eigenvalue weighted by molar-refractivity contribution is 0.0601. The Morgan fingerprint density at radius 1 is 1.35 bits per heavy atom. The fourth-order valence-electron chi connectivity index (χ4n) is 1.95. The number of nitrogens with two attached hydrogens (primary N) is 1. The first-order chi connectivity index (χ1) is 9.67. The highest BCUT2D eigenvalue weighted by molar-refractivity contribution is 5.90. The molecule has 1 aromatic carbocycles. The monoisotopic (exact) mass is 271 g/mol. The van der Waals surface area contributed by atoms with Gasteiger partial charge in [-0.1, -0.05) is 19.1 Å². The van der Waals surface area contributed by atoms with E-state index in [2.05, 4.69) is 9.97 Å². The van der Waals surface area contributed by atoms with Crippen LogP contribution in [0.1, 0.15) is 35.4 Å². The summed E-state index contributed by atoms with van der Waals surface area (Å²) < 4.78 is 4.73. The van der Waals surface area contributed by atoms with Crippen molar-refractivity contribution in [2.45, 2.75) is 19.4 Å². The van der Waals surface area contributed by atoms with Crippen LogP contribution in [0.4, 0.5) is 0 Å². The molecule has 0 aliphatic heterocycles. The van der Waals surface area contributed by atoms with Crippen molar-refractivity contribution in [3.8, 4) is 11.3 Å². The summed E-state index contributed by atoms with van der Waals surface area (Å²) in [6, 6.07) is 6.92. The number of hydrogen-bond acceptors (Lipinski definition) is 5. The average Bonchev–Trinajstić information content (AvgIpc) is 2.53. The predicted octanol–water partition coefficient (Wildman–Crippen LogP) is 2.34. The molecule has 1 aromatic heterocycles. The van der Waals surface area contributed by atoms with Crippen molar-refractivity contribution < 1.29 is 9.53 Å². The van der Waals surface area contributed by atoms with Gasteiger partial charge in [-0.05, 0) is 18.6 Å². The first kappa shape index (κ1) is 14.1. The number of rotatable bonds is 4. The lowest BCUT2D eigenvalue weighted by Gasteiger charge is -2.13. The fraction of sp³-hybridized carbons (Fsp3) is 0.267. The van der Waals surface area contributed by atoms with Crippen molar-refractivity contribution >= 4 is 5.97 Å². The maximum atomic E-state index is 11.6. The molecule has 0 aliphatic rings. The van der Waals surface area contributed by atoms with Crippen LogP contribution in [-0.2, 0) is 4.74 Å². The highest BCUT2D eigenvalue weighted by Gasteiger charge is 2.15. The Kier molecular flexibility index (Phi) is 4.42. The second-order valence-electron chi connectivity index (χ2n) is 4.38. The normalized spacial score (nSPS) is 11.9. The Labute approximate surface area is 117 Å². The van der Waals surface area contributed by atoms with Gasteiger partial charge in [0.1, 0.15) is 0 Å². The highest BCUT2D eigenvalue weighted by atomic mass is 16.5. The molecule has 0 spiro atoms. The second-order valence-corrected chi connectivity index (χ2v) is 4.38. The zero-order valence-corrected chi connectivity index (χ0v) is 11.5. The van der Waals surface area contributed by atoms with Crippen LogP contribution in [0, 0.1) is 0 Å². The van der Waals surface area contributed by atoms with E-state index in [0.29, 0.717) is 11.3 Å². The molecule has 104 valence electrons. The summed E-state index contributed by atoms with van der Waals surface area (Å²) >= 11 is 0. The van der Waals surface area contributed by atoms with Gasteiger partial charge in [-0.25, -0.2) is 4.79 Å². The van der Waals surface area contributed by atoms with Crippen LogP contribution in [0.15, 0.2) is 36.7 Å². The molecule has 1 atom stereocenters. The molecule has 1 unspecified atom stereocenters. The zero-order chi connectivity index (χ0) is 14.5. The third-order valence-electron chi connectivity index (χ3n) is 3.07. The number of methoxy groups -OCH3 is 1. The number of benzene rings is 1. The summed E-state index contributed by atoms with van der Waals surface area (Å²) in [6.07, 6.45) is 4.01. The molecule has 0 saturated heterocycles. The molecule has 1 heterocycles. The quantitative estimate of drug-likeness (QED) is 0.863. The molecular weight excluding hydrogens is 254 g/mol. The van der Waals surface area contributed by atoms with Gasteiger partial charge in [0.05, 0.1) is 24.1 Å². The van der Waals surface area contributed by atoms with E-state index >= 15 is 0 Å². The third-order valence-corrected chi connectivity index (χ3v) is 3.07. The van der Waals surface area contributed by atoms with Crippen molar-refractivity contribution in [3.63, 3.8) is 0 Å². The molecule has 0 radical (unpaired) electrons. The van der Waals surface area contributed by atoms with Gasteiger partial charge >= 0.3 is 5.97 Å². The van der Waals surface area contributed by atoms with Gasteiger partial charge in [-0.15, -0.1) is 0 Å². The number of aromatic nitrogens is 2. The molecule has 20 heavy (non-hydrogen) atoms. The van der Waals surface area contributed by atoms with Crippen LogP contribution in [0.25, 0.3) is 11.3 Å². The van der Waals surface area contributed by atoms with E-state index in [1.807, 2.05) is 13.0 Å². The number of esters is 1. The van der Waals surface area contributed by atoms with E-state index in [-0.39, 0.29) is 12.0 Å². The predicted molar refractivity (Wildman–Crippen MR) is 76.0 cm³/mol. The van der Waals surface area contributed by atoms with Crippen LogP contribution in [0.3, 0.4) is 0 Å². The lowest BCUT2D eigenvalue weighted by atomic mass is 10.0. The van der Waals surface area contributed by atoms with Crippen LogP contribution in [-0.4, -0.2) is 23.0 Å². The Bertz CT molecular complexity index is 614. The van der Waals surface area contributed by atoms with E-state index < -0.39 is 0 Å². The van der Waals surface area contributed by atoms with Crippen LogP contribution in [0.5, 0.6) is 0 Å². The smallest absolute Gasteiger partial charge is 0.337 e. The first-order valence-corrected chi connectivity index (χ1v) is 6.42. The minimum Gasteiger partial charge on any atom is -0.465 e. The molecule has 0 bridgehead atoms. The molecule has 5 heteroatoms. The van der Waals surface area contributed by atoms with Gasteiger partial charge in [0.2, 0.25) is 0 Å². The summed E-state index contributed by atoms with van der Waals surface area (Å²) in [5.41, 5.74) is 8.78. The zero-order valence-electron chi connectivity index (χ0n) is 11.5. The Morgan fingerprint density at radius 2 is 2.10 bits per heavy atom. The van der Waals surface area contributed by atoms with Crippen LogP contribution in [0.2, 0.25) is 0 Å². The largest absolute Gasteiger partial charge is 0.465 e. The third kappa shape index (κ3) is 2.83. The molecule has 0 fully saturated rings. The number of carbonyl (C=O) groups excluding carboxylic acids is 1. The van der Waals surface area contributed by atoms with E-state index in [0.717, 1.165) is 17.7 Å². The number of carbonyl (C=O) groups is 1. The molecule has 2 aromatic rings. The highest BCUT2D eigenvalue weighted by Crippen LogP contribution is 2.25. The van der Waals surface area contributed by atoms with Gasteiger partial charge in [-0.3, -0.25) is 9.97 Å². The molecule has 2 rings (SSSR count). The van der Waals surface area contributed by atoms with E-state index in [1.165, 1.54) is 7.11 Å². The van der Waals surface area contributed by atoms with Gasteiger partial charge in [-0.2, -0.15) is 0 Å². The molecule has 0 aliphatic carbocycles. The Morgan fingerprint density at radius 3 is 2.80 bits per heavy atom.